The molecule has 0 radical (unpaired) electrons. The third-order valence-corrected chi connectivity index (χ3v) is 7.38. The number of fused-ring (bicyclic) bond motifs is 1. The van der Waals surface area contributed by atoms with Gasteiger partial charge in [0.15, 0.2) is 11.5 Å². The van der Waals surface area contributed by atoms with Crippen molar-refractivity contribution in [3.63, 3.8) is 0 Å². The van der Waals surface area contributed by atoms with Crippen LogP contribution in [-0.2, 0) is 17.8 Å². The van der Waals surface area contributed by atoms with E-state index in [1.165, 1.54) is 0 Å². The summed E-state index contributed by atoms with van der Waals surface area (Å²) < 4.78 is 18.1. The third kappa shape index (κ3) is 6.09. The topological polar surface area (TPSA) is 107 Å². The van der Waals surface area contributed by atoms with E-state index >= 15 is 0 Å². The maximum Gasteiger partial charge on any atom is 0.239 e. The number of aromatic nitrogens is 4. The number of ether oxygens (including phenoxy) is 3. The predicted molar refractivity (Wildman–Crippen MR) is 153 cm³/mol. The Labute approximate surface area is 238 Å². The highest BCUT2D eigenvalue weighted by molar-refractivity contribution is 5.82. The minimum absolute atomic E-state index is 0.00966. The van der Waals surface area contributed by atoms with Crippen molar-refractivity contribution < 1.29 is 19.0 Å². The van der Waals surface area contributed by atoms with E-state index in [1.54, 1.807) is 24.2 Å². The standard InChI is InChI=1S/C30H33N7O4/c1-21-15-28(34-30(33-21)37-12-11-31-19-37)36-14-13-35(17-23-5-8-26-27(16-23)41-20-40-26)25(18-36)29(38)32-10-9-22-3-6-24(39-2)7-4-22/h3-8,11-12,15-16,19,25H,9-10,13-14,17-18,20H2,1-2H3,(H,32,38). The second kappa shape index (κ2) is 11.8. The molecule has 1 unspecified atom stereocenters. The number of methoxy groups -OCH3 is 1. The van der Waals surface area contributed by atoms with Gasteiger partial charge in [-0.05, 0) is 48.7 Å². The van der Waals surface area contributed by atoms with Crippen molar-refractivity contribution in [3.8, 4) is 23.2 Å². The Morgan fingerprint density at radius 3 is 2.68 bits per heavy atom. The van der Waals surface area contributed by atoms with E-state index in [-0.39, 0.29) is 18.7 Å². The molecular weight excluding hydrogens is 522 g/mol. The first-order valence-corrected chi connectivity index (χ1v) is 13.7. The quantitative estimate of drug-likeness (QED) is 0.334. The lowest BCUT2D eigenvalue weighted by Crippen LogP contribution is -2.59. The van der Waals surface area contributed by atoms with E-state index in [1.807, 2.05) is 61.7 Å². The van der Waals surface area contributed by atoms with Crippen LogP contribution < -0.4 is 24.4 Å². The minimum Gasteiger partial charge on any atom is -0.497 e. The molecule has 1 atom stereocenters. The number of amides is 1. The Balaban J connectivity index is 1.19. The van der Waals surface area contributed by atoms with Gasteiger partial charge < -0.3 is 24.4 Å². The number of nitrogens with one attached hydrogen (secondary N) is 1. The van der Waals surface area contributed by atoms with Gasteiger partial charge in [-0.25, -0.2) is 9.97 Å². The average molecular weight is 556 g/mol. The second-order valence-corrected chi connectivity index (χ2v) is 10.1. The fourth-order valence-electron chi connectivity index (χ4n) is 5.17. The van der Waals surface area contributed by atoms with Gasteiger partial charge >= 0.3 is 0 Å². The SMILES string of the molecule is COc1ccc(CCNC(=O)C2CN(c3cc(C)nc(-n4ccnc4)n3)CCN2Cc2ccc3c(c2)OCO3)cc1. The van der Waals surface area contributed by atoms with Gasteiger partial charge in [0.1, 0.15) is 23.9 Å². The van der Waals surface area contributed by atoms with Crippen molar-refractivity contribution in [2.24, 2.45) is 0 Å². The van der Waals surface area contributed by atoms with Crippen LogP contribution in [0.2, 0.25) is 0 Å². The van der Waals surface area contributed by atoms with E-state index in [0.717, 1.165) is 52.9 Å². The zero-order valence-corrected chi connectivity index (χ0v) is 23.2. The Morgan fingerprint density at radius 1 is 1.05 bits per heavy atom. The summed E-state index contributed by atoms with van der Waals surface area (Å²) in [7, 11) is 1.65. The van der Waals surface area contributed by atoms with Crippen LogP contribution in [0.15, 0.2) is 67.3 Å². The fraction of sp³-hybridized carbons (Fsp3) is 0.333. The molecule has 1 N–H and O–H groups in total. The van der Waals surface area contributed by atoms with Gasteiger partial charge in [0, 0.05) is 56.9 Å². The van der Waals surface area contributed by atoms with Crippen LogP contribution in [-0.4, -0.2) is 76.4 Å². The van der Waals surface area contributed by atoms with Gasteiger partial charge in [-0.2, -0.15) is 4.98 Å². The molecule has 4 aromatic rings. The minimum atomic E-state index is -0.378. The van der Waals surface area contributed by atoms with E-state index in [4.69, 9.17) is 19.2 Å². The van der Waals surface area contributed by atoms with E-state index in [0.29, 0.717) is 32.1 Å². The number of piperazine rings is 1. The van der Waals surface area contributed by atoms with Gasteiger partial charge in [-0.3, -0.25) is 14.3 Å². The highest BCUT2D eigenvalue weighted by atomic mass is 16.7. The summed E-state index contributed by atoms with van der Waals surface area (Å²) in [5.41, 5.74) is 3.05. The average Bonchev–Trinajstić information content (AvgIpc) is 3.70. The normalized spacial score (nSPS) is 16.5. The summed E-state index contributed by atoms with van der Waals surface area (Å²) in [6.07, 6.45) is 5.93. The number of nitrogens with zero attached hydrogens (tertiary/aromatic N) is 6. The molecule has 212 valence electrons. The first-order valence-electron chi connectivity index (χ1n) is 13.7. The van der Waals surface area contributed by atoms with Crippen LogP contribution in [0.4, 0.5) is 5.82 Å². The first-order chi connectivity index (χ1) is 20.1. The maximum atomic E-state index is 13.7. The van der Waals surface area contributed by atoms with Gasteiger partial charge in [-0.1, -0.05) is 18.2 Å². The van der Waals surface area contributed by atoms with Crippen molar-refractivity contribution in [1.82, 2.24) is 29.7 Å². The highest BCUT2D eigenvalue weighted by Gasteiger charge is 2.33. The molecule has 2 aromatic heterocycles. The Morgan fingerprint density at radius 2 is 1.88 bits per heavy atom. The molecule has 11 nitrogen and oxygen atoms in total. The largest absolute Gasteiger partial charge is 0.497 e. The Bertz CT molecular complexity index is 1490. The fourth-order valence-corrected chi connectivity index (χ4v) is 5.17. The number of hydrogen-bond acceptors (Lipinski definition) is 9. The zero-order valence-electron chi connectivity index (χ0n) is 23.2. The number of carbonyl (C=O) groups is 1. The summed E-state index contributed by atoms with van der Waals surface area (Å²) >= 11 is 0. The van der Waals surface area contributed by atoms with Crippen LogP contribution in [0.1, 0.15) is 16.8 Å². The molecule has 0 bridgehead atoms. The lowest BCUT2D eigenvalue weighted by molar-refractivity contribution is -0.126. The number of aryl methyl sites for hydroxylation is 1. The van der Waals surface area contributed by atoms with E-state index in [9.17, 15) is 4.79 Å². The smallest absolute Gasteiger partial charge is 0.239 e. The molecule has 2 aliphatic rings. The zero-order chi connectivity index (χ0) is 28.2. The molecule has 41 heavy (non-hydrogen) atoms. The van der Waals surface area contributed by atoms with Gasteiger partial charge in [0.2, 0.25) is 18.6 Å². The van der Waals surface area contributed by atoms with Gasteiger partial charge in [-0.15, -0.1) is 0 Å². The van der Waals surface area contributed by atoms with E-state index in [2.05, 4.69) is 25.1 Å². The second-order valence-electron chi connectivity index (χ2n) is 10.1. The van der Waals surface area contributed by atoms with Crippen LogP contribution in [0.3, 0.4) is 0 Å². The molecule has 1 amide bonds. The van der Waals surface area contributed by atoms with Crippen LogP contribution in [0, 0.1) is 6.92 Å². The summed E-state index contributed by atoms with van der Waals surface area (Å²) in [6, 6.07) is 15.5. The molecule has 2 aliphatic heterocycles. The molecule has 6 rings (SSSR count). The van der Waals surface area contributed by atoms with Gasteiger partial charge in [0.05, 0.1) is 7.11 Å². The third-order valence-electron chi connectivity index (χ3n) is 7.38. The Kier molecular flexibility index (Phi) is 7.68. The molecule has 2 aromatic carbocycles. The van der Waals surface area contributed by atoms with E-state index < -0.39 is 0 Å². The number of benzene rings is 2. The molecule has 11 heteroatoms. The number of hydrogen-bond donors (Lipinski definition) is 1. The predicted octanol–water partition coefficient (Wildman–Crippen LogP) is 2.76. The number of imidazole rings is 1. The Hall–Kier alpha value is -4.64. The van der Waals surface area contributed by atoms with Crippen molar-refractivity contribution in [3.05, 3.63) is 84.1 Å². The van der Waals surface area contributed by atoms with Crippen molar-refractivity contribution in [1.29, 1.82) is 0 Å². The van der Waals surface area contributed by atoms with Crippen LogP contribution >= 0.6 is 0 Å². The monoisotopic (exact) mass is 555 g/mol. The van der Waals surface area contributed by atoms with Crippen molar-refractivity contribution >= 4 is 11.7 Å². The van der Waals surface area contributed by atoms with Crippen molar-refractivity contribution in [2.45, 2.75) is 25.9 Å². The van der Waals surface area contributed by atoms with Gasteiger partial charge in [0.25, 0.3) is 0 Å². The molecule has 0 saturated carbocycles. The molecule has 1 fully saturated rings. The molecular formula is C30H33N7O4. The number of carbonyl (C=O) groups excluding carboxylic acids is 1. The molecule has 1 saturated heterocycles. The highest BCUT2D eigenvalue weighted by Crippen LogP contribution is 2.33. The molecule has 0 spiro atoms. The number of rotatable bonds is 9. The van der Waals surface area contributed by atoms with Crippen LogP contribution in [0.5, 0.6) is 17.2 Å². The summed E-state index contributed by atoms with van der Waals surface area (Å²) in [4.78, 5) is 31.6. The first kappa shape index (κ1) is 26.6. The van der Waals surface area contributed by atoms with Crippen LogP contribution in [0.25, 0.3) is 5.95 Å². The molecule has 0 aliphatic carbocycles. The van der Waals surface area contributed by atoms with Crippen molar-refractivity contribution in [2.75, 3.05) is 45.0 Å². The summed E-state index contributed by atoms with van der Waals surface area (Å²) in [6.45, 7) is 5.25. The number of anilines is 1. The summed E-state index contributed by atoms with van der Waals surface area (Å²) in [5.74, 6) is 3.64. The lowest BCUT2D eigenvalue weighted by Gasteiger charge is -2.41. The maximum absolute atomic E-state index is 13.7. The molecule has 4 heterocycles. The summed E-state index contributed by atoms with van der Waals surface area (Å²) in [5, 5.41) is 3.18. The lowest BCUT2D eigenvalue weighted by atomic mass is 10.1.